The molecule has 0 saturated carbocycles. The van der Waals surface area contributed by atoms with Crippen molar-refractivity contribution in [3.63, 3.8) is 0 Å². The first kappa shape index (κ1) is 23.8. The molecule has 0 aliphatic carbocycles. The number of carbonyl (C=O) groups is 2. The van der Waals surface area contributed by atoms with Gasteiger partial charge >= 0.3 is 0 Å². The van der Waals surface area contributed by atoms with Crippen molar-refractivity contribution in [2.45, 2.75) is 57.9 Å². The smallest absolute Gasteiger partial charge is 0.262 e. The zero-order valence-corrected chi connectivity index (χ0v) is 19.9. The van der Waals surface area contributed by atoms with Crippen LogP contribution in [0.2, 0.25) is 0 Å². The minimum absolute atomic E-state index is 0.120. The van der Waals surface area contributed by atoms with E-state index in [2.05, 4.69) is 10.0 Å². The normalized spacial score (nSPS) is 16.1. The first-order chi connectivity index (χ1) is 15.1. The number of carbonyl (C=O) groups excluding carboxylic acids is 2. The second kappa shape index (κ2) is 9.73. The van der Waals surface area contributed by atoms with Gasteiger partial charge in [-0.3, -0.25) is 14.3 Å². The van der Waals surface area contributed by atoms with E-state index < -0.39 is 16.1 Å². The number of likely N-dealkylation sites (tertiary alicyclic amines) is 1. The van der Waals surface area contributed by atoms with Crippen LogP contribution in [0.15, 0.2) is 41.3 Å². The van der Waals surface area contributed by atoms with Gasteiger partial charge in [0.1, 0.15) is 6.04 Å². The molecule has 1 fully saturated rings. The molecule has 3 rings (SSSR count). The minimum Gasteiger partial charge on any atom is -0.354 e. The largest absolute Gasteiger partial charge is 0.354 e. The third kappa shape index (κ3) is 5.12. The summed E-state index contributed by atoms with van der Waals surface area (Å²) in [6, 6.07) is 9.55. The lowest BCUT2D eigenvalue weighted by molar-refractivity contribution is -0.124. The number of benzene rings is 2. The summed E-state index contributed by atoms with van der Waals surface area (Å²) in [5.74, 6) is -0.343. The van der Waals surface area contributed by atoms with E-state index in [4.69, 9.17) is 0 Å². The van der Waals surface area contributed by atoms with Gasteiger partial charge in [0, 0.05) is 24.3 Å². The fourth-order valence-corrected chi connectivity index (χ4v) is 5.81. The standard InChI is InChI=1S/C24H31N3O4S/c1-5-12-25-23(28)21-7-6-13-27(21)24(29)19-8-10-20(11-9-19)26-32(30,31)22-17(3)14-16(2)15-18(22)4/h8-11,14-15,21,26H,5-7,12-13H2,1-4H3,(H,25,28)/t21-/m0/s1. The Bertz CT molecular complexity index is 1090. The zero-order chi connectivity index (χ0) is 23.5. The Morgan fingerprint density at radius 1 is 1.06 bits per heavy atom. The highest BCUT2D eigenvalue weighted by molar-refractivity contribution is 7.92. The van der Waals surface area contributed by atoms with Gasteiger partial charge in [-0.25, -0.2) is 8.42 Å². The molecule has 1 heterocycles. The molecule has 32 heavy (non-hydrogen) atoms. The molecule has 1 aliphatic heterocycles. The van der Waals surface area contributed by atoms with Gasteiger partial charge < -0.3 is 10.2 Å². The minimum atomic E-state index is -3.77. The van der Waals surface area contributed by atoms with Gasteiger partial charge in [0.25, 0.3) is 15.9 Å². The van der Waals surface area contributed by atoms with Crippen molar-refractivity contribution >= 4 is 27.5 Å². The van der Waals surface area contributed by atoms with Crippen LogP contribution in [0.4, 0.5) is 5.69 Å². The molecule has 1 atom stereocenters. The summed E-state index contributed by atoms with van der Waals surface area (Å²) in [6.45, 7) is 8.58. The predicted molar refractivity (Wildman–Crippen MR) is 125 cm³/mol. The predicted octanol–water partition coefficient (Wildman–Crippen LogP) is 3.54. The van der Waals surface area contributed by atoms with Crippen LogP contribution in [0, 0.1) is 20.8 Å². The third-order valence-electron chi connectivity index (χ3n) is 5.62. The van der Waals surface area contributed by atoms with E-state index in [-0.39, 0.29) is 16.7 Å². The molecule has 2 amide bonds. The molecule has 2 N–H and O–H groups in total. The number of nitrogens with zero attached hydrogens (tertiary/aromatic N) is 1. The number of sulfonamides is 1. The Balaban J connectivity index is 1.75. The Labute approximate surface area is 190 Å². The second-order valence-corrected chi connectivity index (χ2v) is 9.98. The molecule has 0 aromatic heterocycles. The van der Waals surface area contributed by atoms with Crippen LogP contribution in [0.5, 0.6) is 0 Å². The van der Waals surface area contributed by atoms with Crippen LogP contribution in [0.1, 0.15) is 53.2 Å². The quantitative estimate of drug-likeness (QED) is 0.665. The fraction of sp³-hybridized carbons (Fsp3) is 0.417. The highest BCUT2D eigenvalue weighted by Crippen LogP contribution is 2.25. The summed E-state index contributed by atoms with van der Waals surface area (Å²) >= 11 is 0. The van der Waals surface area contributed by atoms with Crippen LogP contribution in [0.3, 0.4) is 0 Å². The summed E-state index contributed by atoms with van der Waals surface area (Å²) < 4.78 is 28.5. The fourth-order valence-electron chi connectivity index (χ4n) is 4.29. The summed E-state index contributed by atoms with van der Waals surface area (Å²) in [5, 5.41) is 2.86. The molecule has 0 spiro atoms. The van der Waals surface area contributed by atoms with E-state index in [0.717, 1.165) is 18.4 Å². The summed E-state index contributed by atoms with van der Waals surface area (Å²) in [4.78, 5) is 27.2. The maximum Gasteiger partial charge on any atom is 0.262 e. The van der Waals surface area contributed by atoms with Crippen LogP contribution in [-0.4, -0.2) is 44.3 Å². The Morgan fingerprint density at radius 3 is 2.28 bits per heavy atom. The van der Waals surface area contributed by atoms with E-state index in [1.165, 1.54) is 0 Å². The topological polar surface area (TPSA) is 95.6 Å². The third-order valence-corrected chi connectivity index (χ3v) is 7.31. The van der Waals surface area contributed by atoms with Crippen molar-refractivity contribution in [1.82, 2.24) is 10.2 Å². The van der Waals surface area contributed by atoms with Crippen molar-refractivity contribution < 1.29 is 18.0 Å². The lowest BCUT2D eigenvalue weighted by atomic mass is 10.1. The number of aryl methyl sites for hydroxylation is 3. The summed E-state index contributed by atoms with van der Waals surface area (Å²) in [6.07, 6.45) is 2.27. The zero-order valence-electron chi connectivity index (χ0n) is 19.1. The number of hydrogen-bond acceptors (Lipinski definition) is 4. The Hall–Kier alpha value is -2.87. The lowest BCUT2D eigenvalue weighted by Gasteiger charge is -2.24. The van der Waals surface area contributed by atoms with Crippen molar-refractivity contribution in [3.8, 4) is 0 Å². The van der Waals surface area contributed by atoms with Gasteiger partial charge in [-0.2, -0.15) is 0 Å². The van der Waals surface area contributed by atoms with E-state index >= 15 is 0 Å². The molecule has 0 bridgehead atoms. The average molecular weight is 458 g/mol. The van der Waals surface area contributed by atoms with Gasteiger partial charge in [-0.15, -0.1) is 0 Å². The molecule has 7 nitrogen and oxygen atoms in total. The van der Waals surface area contributed by atoms with Crippen molar-refractivity contribution in [3.05, 3.63) is 58.7 Å². The molecular weight excluding hydrogens is 426 g/mol. The second-order valence-electron chi connectivity index (χ2n) is 8.36. The maximum absolute atomic E-state index is 13.0. The number of amides is 2. The average Bonchev–Trinajstić information content (AvgIpc) is 3.20. The van der Waals surface area contributed by atoms with Gasteiger partial charge in [0.15, 0.2) is 0 Å². The van der Waals surface area contributed by atoms with E-state index in [0.29, 0.717) is 41.9 Å². The SMILES string of the molecule is CCCNC(=O)[C@@H]1CCCN1C(=O)c1ccc(NS(=O)(=O)c2c(C)cc(C)cc2C)cc1. The maximum atomic E-state index is 13.0. The van der Waals surface area contributed by atoms with Crippen LogP contribution in [0.25, 0.3) is 0 Å². The van der Waals surface area contributed by atoms with Crippen molar-refractivity contribution in [2.75, 3.05) is 17.8 Å². The van der Waals surface area contributed by atoms with Gasteiger partial charge in [-0.1, -0.05) is 24.6 Å². The molecule has 2 aromatic carbocycles. The molecule has 8 heteroatoms. The number of hydrogen-bond donors (Lipinski definition) is 2. The van der Waals surface area contributed by atoms with E-state index in [1.54, 1.807) is 43.0 Å². The van der Waals surface area contributed by atoms with Crippen molar-refractivity contribution in [1.29, 1.82) is 0 Å². The molecular formula is C24H31N3O4S. The van der Waals surface area contributed by atoms with Gasteiger partial charge in [0.2, 0.25) is 5.91 Å². The lowest BCUT2D eigenvalue weighted by Crippen LogP contribution is -2.46. The summed E-state index contributed by atoms with van der Waals surface area (Å²) in [7, 11) is -3.77. The number of anilines is 1. The molecule has 0 unspecified atom stereocenters. The van der Waals surface area contributed by atoms with Gasteiger partial charge in [0.05, 0.1) is 4.90 Å². The van der Waals surface area contributed by atoms with Crippen LogP contribution < -0.4 is 10.0 Å². The molecule has 1 saturated heterocycles. The van der Waals surface area contributed by atoms with Gasteiger partial charge in [-0.05, 0) is 75.4 Å². The Morgan fingerprint density at radius 2 is 1.69 bits per heavy atom. The highest BCUT2D eigenvalue weighted by atomic mass is 32.2. The Kier molecular flexibility index (Phi) is 7.23. The van der Waals surface area contributed by atoms with Crippen LogP contribution >= 0.6 is 0 Å². The first-order valence-corrected chi connectivity index (χ1v) is 12.4. The monoisotopic (exact) mass is 457 g/mol. The number of rotatable bonds is 7. The molecule has 2 aromatic rings. The van der Waals surface area contributed by atoms with Crippen LogP contribution in [-0.2, 0) is 14.8 Å². The highest BCUT2D eigenvalue weighted by Gasteiger charge is 2.34. The number of nitrogens with one attached hydrogen (secondary N) is 2. The van der Waals surface area contributed by atoms with E-state index in [9.17, 15) is 18.0 Å². The molecule has 0 radical (unpaired) electrons. The summed E-state index contributed by atoms with van der Waals surface area (Å²) in [5.41, 5.74) is 3.17. The van der Waals surface area contributed by atoms with E-state index in [1.807, 2.05) is 26.0 Å². The molecule has 1 aliphatic rings. The molecule has 172 valence electrons. The first-order valence-electron chi connectivity index (χ1n) is 10.9. The van der Waals surface area contributed by atoms with Crippen molar-refractivity contribution in [2.24, 2.45) is 0 Å².